The van der Waals surface area contributed by atoms with Crippen LogP contribution in [-0.2, 0) is 12.0 Å². The maximum atomic E-state index is 4.28. The van der Waals surface area contributed by atoms with Gasteiger partial charge in [-0.2, -0.15) is 0 Å². The SMILES string of the molecule is CC(C)(C)c1nnsc1CNCCCN1CCCCC1. The highest BCUT2D eigenvalue weighted by atomic mass is 32.1. The Morgan fingerprint density at radius 2 is 1.95 bits per heavy atom. The van der Waals surface area contributed by atoms with Crippen molar-refractivity contribution in [3.05, 3.63) is 10.6 Å². The molecule has 0 radical (unpaired) electrons. The summed E-state index contributed by atoms with van der Waals surface area (Å²) < 4.78 is 4.10. The van der Waals surface area contributed by atoms with Crippen LogP contribution in [0, 0.1) is 0 Å². The zero-order chi connectivity index (χ0) is 14.4. The van der Waals surface area contributed by atoms with Crippen LogP contribution in [0.4, 0.5) is 0 Å². The maximum Gasteiger partial charge on any atom is 0.0854 e. The van der Waals surface area contributed by atoms with E-state index in [2.05, 4.69) is 40.6 Å². The lowest BCUT2D eigenvalue weighted by Gasteiger charge is -2.26. The second kappa shape index (κ2) is 7.48. The van der Waals surface area contributed by atoms with Crippen LogP contribution in [0.25, 0.3) is 0 Å². The molecule has 1 fully saturated rings. The summed E-state index contributed by atoms with van der Waals surface area (Å²) in [4.78, 5) is 3.88. The van der Waals surface area contributed by atoms with Crippen LogP contribution >= 0.6 is 11.5 Å². The van der Waals surface area contributed by atoms with E-state index in [1.807, 2.05) is 0 Å². The topological polar surface area (TPSA) is 41.1 Å². The molecule has 4 nitrogen and oxygen atoms in total. The molecule has 1 aromatic rings. The highest BCUT2D eigenvalue weighted by Gasteiger charge is 2.21. The standard InChI is InChI=1S/C15H28N4S/c1-15(2,3)14-13(20-18-17-14)12-16-8-7-11-19-9-5-4-6-10-19/h16H,4-12H2,1-3H3. The molecular formula is C15H28N4S. The molecule has 1 aliphatic heterocycles. The van der Waals surface area contributed by atoms with Gasteiger partial charge in [0.15, 0.2) is 0 Å². The number of rotatable bonds is 6. The van der Waals surface area contributed by atoms with E-state index in [4.69, 9.17) is 0 Å². The molecule has 5 heteroatoms. The zero-order valence-corrected chi connectivity index (χ0v) is 13.9. The van der Waals surface area contributed by atoms with E-state index in [-0.39, 0.29) is 5.41 Å². The fourth-order valence-corrected chi connectivity index (χ4v) is 3.53. The van der Waals surface area contributed by atoms with E-state index >= 15 is 0 Å². The fourth-order valence-electron chi connectivity index (χ4n) is 2.71. The summed E-state index contributed by atoms with van der Waals surface area (Å²) in [5, 5.41) is 7.82. The molecule has 1 aliphatic rings. The van der Waals surface area contributed by atoms with Gasteiger partial charge in [-0.1, -0.05) is 31.7 Å². The normalized spacial score (nSPS) is 17.6. The Kier molecular flexibility index (Phi) is 5.93. The Hall–Kier alpha value is -0.520. The molecule has 1 N–H and O–H groups in total. The minimum Gasteiger partial charge on any atom is -0.312 e. The molecule has 2 rings (SSSR count). The van der Waals surface area contributed by atoms with Crippen LogP contribution in [0.3, 0.4) is 0 Å². The van der Waals surface area contributed by atoms with E-state index in [1.54, 1.807) is 0 Å². The van der Waals surface area contributed by atoms with E-state index in [0.29, 0.717) is 0 Å². The first-order valence-corrected chi connectivity index (χ1v) is 8.59. The third-order valence-corrected chi connectivity index (χ3v) is 4.55. The van der Waals surface area contributed by atoms with Gasteiger partial charge in [0.2, 0.25) is 0 Å². The molecule has 20 heavy (non-hydrogen) atoms. The lowest BCUT2D eigenvalue weighted by atomic mass is 9.91. The second-order valence-electron chi connectivity index (χ2n) is 6.73. The van der Waals surface area contributed by atoms with Gasteiger partial charge >= 0.3 is 0 Å². The summed E-state index contributed by atoms with van der Waals surface area (Å²) in [6.07, 6.45) is 5.42. The number of aromatic nitrogens is 2. The zero-order valence-electron chi connectivity index (χ0n) is 13.1. The quantitative estimate of drug-likeness (QED) is 0.820. The fraction of sp³-hybridized carbons (Fsp3) is 0.867. The minimum absolute atomic E-state index is 0.0951. The summed E-state index contributed by atoms with van der Waals surface area (Å²) in [6.45, 7) is 12.4. The van der Waals surface area contributed by atoms with Gasteiger partial charge in [0.1, 0.15) is 0 Å². The molecule has 0 saturated carbocycles. The van der Waals surface area contributed by atoms with Crippen LogP contribution in [0.5, 0.6) is 0 Å². The van der Waals surface area contributed by atoms with Crippen molar-refractivity contribution in [1.82, 2.24) is 19.8 Å². The summed E-state index contributed by atoms with van der Waals surface area (Å²) in [5.41, 5.74) is 1.24. The third-order valence-electron chi connectivity index (χ3n) is 3.83. The molecule has 0 bridgehead atoms. The number of hydrogen-bond acceptors (Lipinski definition) is 5. The summed E-state index contributed by atoms with van der Waals surface area (Å²) in [6, 6.07) is 0. The number of nitrogens with one attached hydrogen (secondary N) is 1. The van der Waals surface area contributed by atoms with Gasteiger partial charge < -0.3 is 10.2 Å². The molecule has 1 aromatic heterocycles. The highest BCUT2D eigenvalue weighted by molar-refractivity contribution is 7.05. The third kappa shape index (κ3) is 4.79. The molecule has 0 unspecified atom stereocenters. The van der Waals surface area contributed by atoms with Gasteiger partial charge in [0.05, 0.1) is 10.6 Å². The number of nitrogens with zero attached hydrogens (tertiary/aromatic N) is 3. The van der Waals surface area contributed by atoms with Crippen molar-refractivity contribution in [3.63, 3.8) is 0 Å². The van der Waals surface area contributed by atoms with Crippen molar-refractivity contribution in [2.45, 2.75) is 58.4 Å². The number of hydrogen-bond donors (Lipinski definition) is 1. The molecular weight excluding hydrogens is 268 g/mol. The number of likely N-dealkylation sites (tertiary alicyclic amines) is 1. The van der Waals surface area contributed by atoms with Gasteiger partial charge in [0.25, 0.3) is 0 Å². The molecule has 2 heterocycles. The highest BCUT2D eigenvalue weighted by Crippen LogP contribution is 2.25. The van der Waals surface area contributed by atoms with E-state index in [1.165, 1.54) is 61.7 Å². The first-order valence-electron chi connectivity index (χ1n) is 7.82. The Balaban J connectivity index is 1.65. The largest absolute Gasteiger partial charge is 0.312 e. The smallest absolute Gasteiger partial charge is 0.0854 e. The summed E-state index contributed by atoms with van der Waals surface area (Å²) in [7, 11) is 0. The van der Waals surface area contributed by atoms with Crippen molar-refractivity contribution in [1.29, 1.82) is 0 Å². The molecule has 0 amide bonds. The Bertz CT molecular complexity index is 391. The van der Waals surface area contributed by atoms with Crippen molar-refractivity contribution in [3.8, 4) is 0 Å². The van der Waals surface area contributed by atoms with E-state index in [0.717, 1.165) is 18.8 Å². The predicted molar refractivity (Wildman–Crippen MR) is 85.2 cm³/mol. The van der Waals surface area contributed by atoms with E-state index < -0.39 is 0 Å². The first-order chi connectivity index (χ1) is 9.57. The van der Waals surface area contributed by atoms with Crippen LogP contribution in [-0.4, -0.2) is 40.7 Å². The summed E-state index contributed by atoms with van der Waals surface area (Å²) in [5.74, 6) is 0. The molecule has 0 aliphatic carbocycles. The lowest BCUT2D eigenvalue weighted by molar-refractivity contribution is 0.225. The first kappa shape index (κ1) is 15.9. The van der Waals surface area contributed by atoms with Crippen LogP contribution in [0.1, 0.15) is 57.0 Å². The molecule has 114 valence electrons. The Morgan fingerprint density at radius 1 is 1.20 bits per heavy atom. The minimum atomic E-state index is 0.0951. The average molecular weight is 296 g/mol. The monoisotopic (exact) mass is 296 g/mol. The predicted octanol–water partition coefficient (Wildman–Crippen LogP) is 2.80. The van der Waals surface area contributed by atoms with Crippen molar-refractivity contribution < 1.29 is 0 Å². The van der Waals surface area contributed by atoms with Gasteiger partial charge in [-0.05, 0) is 57.0 Å². The number of piperidine rings is 1. The molecule has 0 aromatic carbocycles. The summed E-state index contributed by atoms with van der Waals surface area (Å²) >= 11 is 1.53. The van der Waals surface area contributed by atoms with E-state index in [9.17, 15) is 0 Å². The molecule has 0 spiro atoms. The van der Waals surface area contributed by atoms with Crippen molar-refractivity contribution in [2.75, 3.05) is 26.2 Å². The maximum absolute atomic E-state index is 4.28. The van der Waals surface area contributed by atoms with Crippen LogP contribution in [0.2, 0.25) is 0 Å². The van der Waals surface area contributed by atoms with Crippen molar-refractivity contribution in [2.24, 2.45) is 0 Å². The average Bonchev–Trinajstić information content (AvgIpc) is 2.88. The van der Waals surface area contributed by atoms with Crippen LogP contribution < -0.4 is 5.32 Å². The van der Waals surface area contributed by atoms with Gasteiger partial charge in [0, 0.05) is 12.0 Å². The molecule has 1 saturated heterocycles. The van der Waals surface area contributed by atoms with Crippen molar-refractivity contribution >= 4 is 11.5 Å². The molecule has 0 atom stereocenters. The van der Waals surface area contributed by atoms with Gasteiger partial charge in [-0.3, -0.25) is 0 Å². The van der Waals surface area contributed by atoms with Crippen LogP contribution in [0.15, 0.2) is 0 Å². The van der Waals surface area contributed by atoms with Gasteiger partial charge in [-0.15, -0.1) is 5.10 Å². The Morgan fingerprint density at radius 3 is 2.65 bits per heavy atom. The lowest BCUT2D eigenvalue weighted by Crippen LogP contribution is -2.32. The second-order valence-corrected chi connectivity index (χ2v) is 7.57. The Labute approximate surface area is 127 Å². The van der Waals surface area contributed by atoms with Gasteiger partial charge in [-0.25, -0.2) is 0 Å².